The van der Waals surface area contributed by atoms with Gasteiger partial charge in [-0.05, 0) is 30.7 Å². The Labute approximate surface area is 124 Å². The monoisotopic (exact) mass is 316 g/mol. The first-order valence-electron chi connectivity index (χ1n) is 6.20. The van der Waals surface area contributed by atoms with Gasteiger partial charge in [-0.3, -0.25) is 0 Å². The minimum Gasteiger partial charge on any atom is -0.484 e. The number of halogens is 4. The highest BCUT2D eigenvalue weighted by molar-refractivity contribution is 6.33. The Hall–Kier alpha value is -1.82. The van der Waals surface area contributed by atoms with Gasteiger partial charge in [-0.1, -0.05) is 18.5 Å². The van der Waals surface area contributed by atoms with Gasteiger partial charge in [-0.25, -0.2) is 9.97 Å². The maximum absolute atomic E-state index is 12.1. The molecule has 0 amide bonds. The summed E-state index contributed by atoms with van der Waals surface area (Å²) in [5.41, 5.74) is 1.96. The molecule has 0 unspecified atom stereocenters. The topological polar surface area (TPSA) is 35.0 Å². The average molecular weight is 317 g/mol. The third kappa shape index (κ3) is 4.07. The van der Waals surface area contributed by atoms with E-state index in [-0.39, 0.29) is 5.75 Å². The van der Waals surface area contributed by atoms with Crippen molar-refractivity contribution in [3.63, 3.8) is 0 Å². The number of alkyl halides is 3. The van der Waals surface area contributed by atoms with Crippen molar-refractivity contribution in [1.29, 1.82) is 0 Å². The number of aromatic nitrogens is 2. The summed E-state index contributed by atoms with van der Waals surface area (Å²) >= 11 is 6.20. The van der Waals surface area contributed by atoms with E-state index in [1.54, 1.807) is 12.1 Å². The van der Waals surface area contributed by atoms with Crippen LogP contribution < -0.4 is 4.74 Å². The first kappa shape index (κ1) is 15.6. The molecule has 1 aromatic heterocycles. The smallest absolute Gasteiger partial charge is 0.422 e. The van der Waals surface area contributed by atoms with E-state index >= 15 is 0 Å². The Morgan fingerprint density at radius 3 is 2.38 bits per heavy atom. The van der Waals surface area contributed by atoms with E-state index < -0.39 is 12.8 Å². The quantitative estimate of drug-likeness (QED) is 0.843. The zero-order chi connectivity index (χ0) is 15.5. The molecule has 0 aliphatic rings. The van der Waals surface area contributed by atoms with Crippen LogP contribution in [0.2, 0.25) is 5.02 Å². The predicted molar refractivity (Wildman–Crippen MR) is 73.4 cm³/mol. The van der Waals surface area contributed by atoms with Crippen LogP contribution in [-0.4, -0.2) is 22.8 Å². The second kappa shape index (κ2) is 6.30. The fraction of sp³-hybridized carbons (Fsp3) is 0.286. The van der Waals surface area contributed by atoms with Crippen molar-refractivity contribution >= 4 is 11.6 Å². The largest absolute Gasteiger partial charge is 0.484 e. The number of hydrogen-bond donors (Lipinski definition) is 0. The highest BCUT2D eigenvalue weighted by Gasteiger charge is 2.28. The summed E-state index contributed by atoms with van der Waals surface area (Å²) in [6, 6.07) is 6.12. The Morgan fingerprint density at radius 2 is 1.81 bits per heavy atom. The lowest BCUT2D eigenvalue weighted by Crippen LogP contribution is -2.19. The summed E-state index contributed by atoms with van der Waals surface area (Å²) in [5.74, 6) is 0.136. The van der Waals surface area contributed by atoms with Crippen LogP contribution >= 0.6 is 11.6 Å². The van der Waals surface area contributed by atoms with Gasteiger partial charge in [0.25, 0.3) is 0 Å². The highest BCUT2D eigenvalue weighted by Crippen LogP contribution is 2.29. The van der Waals surface area contributed by atoms with Crippen LogP contribution in [-0.2, 0) is 6.42 Å². The molecule has 21 heavy (non-hydrogen) atoms. The molecule has 0 aliphatic heterocycles. The maximum Gasteiger partial charge on any atom is 0.422 e. The molecule has 7 heteroatoms. The lowest BCUT2D eigenvalue weighted by Gasteiger charge is -2.10. The molecule has 112 valence electrons. The molecule has 0 bridgehead atoms. The van der Waals surface area contributed by atoms with E-state index in [1.165, 1.54) is 18.5 Å². The van der Waals surface area contributed by atoms with E-state index in [4.69, 9.17) is 11.6 Å². The normalized spacial score (nSPS) is 11.5. The molecule has 0 spiro atoms. The van der Waals surface area contributed by atoms with Crippen molar-refractivity contribution in [2.24, 2.45) is 0 Å². The summed E-state index contributed by atoms with van der Waals surface area (Å²) < 4.78 is 40.8. The van der Waals surface area contributed by atoms with Gasteiger partial charge in [0.05, 0.1) is 16.4 Å². The molecule has 0 aliphatic carbocycles. The first-order valence-corrected chi connectivity index (χ1v) is 6.58. The van der Waals surface area contributed by atoms with E-state index in [0.29, 0.717) is 22.7 Å². The maximum atomic E-state index is 12.1. The number of nitrogens with zero attached hydrogens (tertiary/aromatic N) is 2. The van der Waals surface area contributed by atoms with Gasteiger partial charge in [0.15, 0.2) is 6.61 Å². The zero-order valence-electron chi connectivity index (χ0n) is 11.1. The molecule has 0 saturated heterocycles. The lowest BCUT2D eigenvalue weighted by molar-refractivity contribution is -0.153. The van der Waals surface area contributed by atoms with Crippen molar-refractivity contribution < 1.29 is 17.9 Å². The molecule has 0 fully saturated rings. The SMILES string of the molecule is CCc1ncnc(-c2ccc(OCC(F)(F)F)cc2)c1Cl. The Kier molecular flexibility index (Phi) is 4.67. The summed E-state index contributed by atoms with van der Waals surface area (Å²) in [5, 5.41) is 0.448. The summed E-state index contributed by atoms with van der Waals surface area (Å²) in [6.07, 6.45) is -2.28. The minimum atomic E-state index is -4.36. The molecule has 0 atom stereocenters. The molecule has 1 heterocycles. The fourth-order valence-electron chi connectivity index (χ4n) is 1.73. The van der Waals surface area contributed by atoms with Crippen molar-refractivity contribution in [3.8, 4) is 17.0 Å². The number of ether oxygens (including phenoxy) is 1. The van der Waals surface area contributed by atoms with Crippen LogP contribution in [0.25, 0.3) is 11.3 Å². The van der Waals surface area contributed by atoms with Crippen LogP contribution in [0.15, 0.2) is 30.6 Å². The first-order chi connectivity index (χ1) is 9.90. The molecule has 0 N–H and O–H groups in total. The number of aryl methyl sites for hydroxylation is 1. The third-order valence-electron chi connectivity index (χ3n) is 2.73. The van der Waals surface area contributed by atoms with Crippen LogP contribution in [0.4, 0.5) is 13.2 Å². The third-order valence-corrected chi connectivity index (χ3v) is 3.12. The van der Waals surface area contributed by atoms with E-state index in [9.17, 15) is 13.2 Å². The highest BCUT2D eigenvalue weighted by atomic mass is 35.5. The van der Waals surface area contributed by atoms with Crippen molar-refractivity contribution in [2.45, 2.75) is 19.5 Å². The standard InChI is InChI=1S/C14H12ClF3N2O/c1-2-11-12(15)13(20-8-19-11)9-3-5-10(6-4-9)21-7-14(16,17)18/h3-6,8H,2,7H2,1H3. The van der Waals surface area contributed by atoms with E-state index in [0.717, 1.165) is 5.69 Å². The van der Waals surface area contributed by atoms with Crippen molar-refractivity contribution in [3.05, 3.63) is 41.3 Å². The van der Waals surface area contributed by atoms with Gasteiger partial charge in [0.2, 0.25) is 0 Å². The van der Waals surface area contributed by atoms with Gasteiger partial charge < -0.3 is 4.74 Å². The molecule has 3 nitrogen and oxygen atoms in total. The van der Waals surface area contributed by atoms with E-state index in [1.807, 2.05) is 6.92 Å². The molecule has 0 saturated carbocycles. The number of rotatable bonds is 4. The Bertz CT molecular complexity index is 615. The molecule has 1 aromatic carbocycles. The van der Waals surface area contributed by atoms with Crippen molar-refractivity contribution in [2.75, 3.05) is 6.61 Å². The number of benzene rings is 1. The number of hydrogen-bond acceptors (Lipinski definition) is 3. The van der Waals surface area contributed by atoms with Gasteiger partial charge in [0.1, 0.15) is 12.1 Å². The second-order valence-electron chi connectivity index (χ2n) is 4.26. The second-order valence-corrected chi connectivity index (χ2v) is 4.64. The summed E-state index contributed by atoms with van der Waals surface area (Å²) in [4.78, 5) is 8.17. The van der Waals surface area contributed by atoms with Crippen LogP contribution in [0.3, 0.4) is 0 Å². The van der Waals surface area contributed by atoms with Crippen LogP contribution in [0, 0.1) is 0 Å². The lowest BCUT2D eigenvalue weighted by atomic mass is 10.1. The van der Waals surface area contributed by atoms with Crippen LogP contribution in [0.1, 0.15) is 12.6 Å². The molecular weight excluding hydrogens is 305 g/mol. The zero-order valence-corrected chi connectivity index (χ0v) is 11.9. The van der Waals surface area contributed by atoms with Gasteiger partial charge in [-0.2, -0.15) is 13.2 Å². The molecule has 0 radical (unpaired) electrons. The molecule has 2 rings (SSSR count). The van der Waals surface area contributed by atoms with Gasteiger partial charge in [-0.15, -0.1) is 0 Å². The molecular formula is C14H12ClF3N2O. The van der Waals surface area contributed by atoms with E-state index in [2.05, 4.69) is 14.7 Å². The summed E-state index contributed by atoms with van der Waals surface area (Å²) in [7, 11) is 0. The van der Waals surface area contributed by atoms with Crippen molar-refractivity contribution in [1.82, 2.24) is 9.97 Å². The minimum absolute atomic E-state index is 0.136. The summed E-state index contributed by atoms with van der Waals surface area (Å²) in [6.45, 7) is 0.604. The predicted octanol–water partition coefficient (Wildman–Crippen LogP) is 4.30. The Balaban J connectivity index is 2.19. The Morgan fingerprint density at radius 1 is 1.14 bits per heavy atom. The van der Waals surface area contributed by atoms with Gasteiger partial charge >= 0.3 is 6.18 Å². The fourth-order valence-corrected chi connectivity index (χ4v) is 2.07. The average Bonchev–Trinajstić information content (AvgIpc) is 2.45. The molecule has 2 aromatic rings. The van der Waals surface area contributed by atoms with Crippen LogP contribution in [0.5, 0.6) is 5.75 Å². The van der Waals surface area contributed by atoms with Gasteiger partial charge in [0, 0.05) is 5.56 Å².